The average molecular weight is 246 g/mol. The van der Waals surface area contributed by atoms with Crippen molar-refractivity contribution in [3.05, 3.63) is 34.4 Å². The number of carbonyl (C=O) groups is 1. The molecule has 2 heteroatoms. The Labute approximate surface area is 109 Å². The monoisotopic (exact) mass is 246 g/mol. The second-order valence-corrected chi connectivity index (χ2v) is 5.59. The minimum Gasteiger partial charge on any atom is -0.462 e. The molecule has 18 heavy (non-hydrogen) atoms. The van der Waals surface area contributed by atoms with Crippen molar-refractivity contribution < 1.29 is 9.53 Å². The molecule has 1 aromatic rings. The molecule has 0 spiro atoms. The highest BCUT2D eigenvalue weighted by Crippen LogP contribution is 2.34. The lowest BCUT2D eigenvalue weighted by atomic mass is 9.97. The molecule has 0 heterocycles. The van der Waals surface area contributed by atoms with E-state index in [-0.39, 0.29) is 12.1 Å². The molecule has 0 radical (unpaired) electrons. The largest absolute Gasteiger partial charge is 0.462 e. The third kappa shape index (κ3) is 3.12. The Morgan fingerprint density at radius 3 is 2.33 bits per heavy atom. The summed E-state index contributed by atoms with van der Waals surface area (Å²) in [6, 6.07) is 4.25. The Morgan fingerprint density at radius 1 is 1.28 bits per heavy atom. The Morgan fingerprint density at radius 2 is 1.83 bits per heavy atom. The summed E-state index contributed by atoms with van der Waals surface area (Å²) in [7, 11) is 0. The maximum absolute atomic E-state index is 11.9. The van der Waals surface area contributed by atoms with Gasteiger partial charge in [-0.05, 0) is 63.1 Å². The summed E-state index contributed by atoms with van der Waals surface area (Å²) < 4.78 is 5.48. The molecule has 1 unspecified atom stereocenters. The van der Waals surface area contributed by atoms with Gasteiger partial charge in [0, 0.05) is 0 Å². The van der Waals surface area contributed by atoms with E-state index in [4.69, 9.17) is 4.74 Å². The van der Waals surface area contributed by atoms with Crippen LogP contribution in [0.4, 0.5) is 0 Å². The summed E-state index contributed by atoms with van der Waals surface area (Å²) in [5.41, 5.74) is 4.73. The van der Waals surface area contributed by atoms with Crippen LogP contribution in [0.5, 0.6) is 0 Å². The van der Waals surface area contributed by atoms with Crippen molar-refractivity contribution >= 4 is 5.97 Å². The van der Waals surface area contributed by atoms with Gasteiger partial charge in [-0.25, -0.2) is 0 Å². The molecule has 0 aromatic heterocycles. The van der Waals surface area contributed by atoms with E-state index in [0.717, 1.165) is 5.56 Å². The molecule has 1 aliphatic carbocycles. The zero-order valence-corrected chi connectivity index (χ0v) is 11.7. The Balaban J connectivity index is 2.02. The number of ether oxygens (including phenoxy) is 1. The summed E-state index contributed by atoms with van der Waals surface area (Å²) in [6.07, 6.45) is 2.90. The van der Waals surface area contributed by atoms with Gasteiger partial charge >= 0.3 is 5.97 Å². The molecular weight excluding hydrogens is 224 g/mol. The van der Waals surface area contributed by atoms with Gasteiger partial charge in [0.25, 0.3) is 0 Å². The van der Waals surface area contributed by atoms with Gasteiger partial charge in [0.1, 0.15) is 6.10 Å². The maximum atomic E-state index is 11.9. The molecule has 2 nitrogen and oxygen atoms in total. The fraction of sp³-hybridized carbons (Fsp3) is 0.562. The van der Waals surface area contributed by atoms with E-state index >= 15 is 0 Å². The van der Waals surface area contributed by atoms with E-state index in [9.17, 15) is 4.79 Å². The van der Waals surface area contributed by atoms with Crippen LogP contribution in [0.2, 0.25) is 0 Å². The van der Waals surface area contributed by atoms with Crippen molar-refractivity contribution in [3.63, 3.8) is 0 Å². The first-order valence-electron chi connectivity index (χ1n) is 6.73. The topological polar surface area (TPSA) is 26.3 Å². The Kier molecular flexibility index (Phi) is 3.74. The van der Waals surface area contributed by atoms with Crippen LogP contribution in [0.1, 0.15) is 42.0 Å². The normalized spacial score (nSPS) is 16.4. The predicted molar refractivity (Wildman–Crippen MR) is 72.6 cm³/mol. The van der Waals surface area contributed by atoms with Crippen molar-refractivity contribution in [1.82, 2.24) is 0 Å². The molecule has 98 valence electrons. The highest BCUT2D eigenvalue weighted by atomic mass is 16.5. The summed E-state index contributed by atoms with van der Waals surface area (Å²) in [6.45, 7) is 8.21. The predicted octanol–water partition coefficient (Wildman–Crippen LogP) is 3.50. The smallest absolute Gasteiger partial charge is 0.310 e. The van der Waals surface area contributed by atoms with Gasteiger partial charge in [-0.1, -0.05) is 17.7 Å². The van der Waals surface area contributed by atoms with Gasteiger partial charge < -0.3 is 4.74 Å². The number of esters is 1. The number of rotatable bonds is 4. The number of carbonyl (C=O) groups excluding carboxylic acids is 1. The van der Waals surface area contributed by atoms with Crippen LogP contribution in [0, 0.1) is 26.7 Å². The van der Waals surface area contributed by atoms with Gasteiger partial charge in [0.15, 0.2) is 0 Å². The molecule has 1 atom stereocenters. The third-order valence-corrected chi connectivity index (χ3v) is 3.76. The van der Waals surface area contributed by atoms with E-state index in [1.807, 2.05) is 6.92 Å². The van der Waals surface area contributed by atoms with Crippen molar-refractivity contribution in [2.24, 2.45) is 5.92 Å². The summed E-state index contributed by atoms with van der Waals surface area (Å²) in [4.78, 5) is 11.9. The highest BCUT2D eigenvalue weighted by molar-refractivity contribution is 5.74. The molecule has 1 fully saturated rings. The SMILES string of the molecule is Cc1cc(C)c(CC(=O)OC(C)C2CC2)c(C)c1. The quantitative estimate of drug-likeness (QED) is 0.760. The zero-order chi connectivity index (χ0) is 13.3. The fourth-order valence-corrected chi connectivity index (χ4v) is 2.54. The summed E-state index contributed by atoms with van der Waals surface area (Å²) >= 11 is 0. The van der Waals surface area contributed by atoms with Crippen LogP contribution in [0.25, 0.3) is 0 Å². The lowest BCUT2D eigenvalue weighted by molar-refractivity contribution is -0.148. The van der Waals surface area contributed by atoms with Crippen LogP contribution in [0.15, 0.2) is 12.1 Å². The number of hydrogen-bond donors (Lipinski definition) is 0. The summed E-state index contributed by atoms with van der Waals surface area (Å²) in [5.74, 6) is 0.513. The van der Waals surface area contributed by atoms with Crippen LogP contribution >= 0.6 is 0 Å². The second kappa shape index (κ2) is 5.13. The summed E-state index contributed by atoms with van der Waals surface area (Å²) in [5, 5.41) is 0. The molecule has 0 N–H and O–H groups in total. The average Bonchev–Trinajstić information content (AvgIpc) is 3.06. The molecule has 1 aliphatic rings. The van der Waals surface area contributed by atoms with Crippen molar-refractivity contribution in [2.75, 3.05) is 0 Å². The standard InChI is InChI=1S/C16H22O2/c1-10-7-11(2)15(12(3)8-10)9-16(17)18-13(4)14-5-6-14/h7-8,13-14H,5-6,9H2,1-4H3. The number of aryl methyl sites for hydroxylation is 3. The van der Waals surface area contributed by atoms with E-state index in [0.29, 0.717) is 12.3 Å². The van der Waals surface area contributed by atoms with Gasteiger partial charge in [-0.2, -0.15) is 0 Å². The Hall–Kier alpha value is -1.31. The van der Waals surface area contributed by atoms with Gasteiger partial charge in [-0.3, -0.25) is 4.79 Å². The molecule has 0 bridgehead atoms. The highest BCUT2D eigenvalue weighted by Gasteiger charge is 2.30. The third-order valence-electron chi connectivity index (χ3n) is 3.76. The Bertz CT molecular complexity index is 435. The minimum atomic E-state index is -0.0931. The first-order chi connectivity index (χ1) is 8.47. The minimum absolute atomic E-state index is 0.0866. The van der Waals surface area contributed by atoms with E-state index in [2.05, 4.69) is 32.9 Å². The molecule has 0 amide bonds. The van der Waals surface area contributed by atoms with Crippen LogP contribution in [-0.2, 0) is 16.0 Å². The molecule has 1 aromatic carbocycles. The first kappa shape index (κ1) is 13.1. The first-order valence-corrected chi connectivity index (χ1v) is 6.73. The van der Waals surface area contributed by atoms with Crippen molar-refractivity contribution in [2.45, 2.75) is 53.1 Å². The molecular formula is C16H22O2. The number of benzene rings is 1. The van der Waals surface area contributed by atoms with Gasteiger partial charge in [0.05, 0.1) is 6.42 Å². The van der Waals surface area contributed by atoms with Crippen LogP contribution < -0.4 is 0 Å². The van der Waals surface area contributed by atoms with Gasteiger partial charge in [-0.15, -0.1) is 0 Å². The van der Waals surface area contributed by atoms with Gasteiger partial charge in [0.2, 0.25) is 0 Å². The molecule has 0 saturated heterocycles. The maximum Gasteiger partial charge on any atom is 0.310 e. The fourth-order valence-electron chi connectivity index (χ4n) is 2.54. The zero-order valence-electron chi connectivity index (χ0n) is 11.7. The van der Waals surface area contributed by atoms with Crippen molar-refractivity contribution in [1.29, 1.82) is 0 Å². The van der Waals surface area contributed by atoms with Crippen molar-refractivity contribution in [3.8, 4) is 0 Å². The lowest BCUT2D eigenvalue weighted by Crippen LogP contribution is -2.19. The van der Waals surface area contributed by atoms with Crippen LogP contribution in [0.3, 0.4) is 0 Å². The lowest BCUT2D eigenvalue weighted by Gasteiger charge is -2.14. The number of hydrogen-bond acceptors (Lipinski definition) is 2. The molecule has 1 saturated carbocycles. The van der Waals surface area contributed by atoms with E-state index in [1.165, 1.54) is 29.5 Å². The van der Waals surface area contributed by atoms with E-state index < -0.39 is 0 Å². The molecule has 0 aliphatic heterocycles. The van der Waals surface area contributed by atoms with E-state index in [1.54, 1.807) is 0 Å². The molecule has 2 rings (SSSR count). The second-order valence-electron chi connectivity index (χ2n) is 5.59. The van der Waals surface area contributed by atoms with Crippen LogP contribution in [-0.4, -0.2) is 12.1 Å².